The van der Waals surface area contributed by atoms with E-state index in [1.807, 2.05) is 13.1 Å². The van der Waals surface area contributed by atoms with E-state index in [4.69, 9.17) is 0 Å². The molecule has 3 heteroatoms. The van der Waals surface area contributed by atoms with E-state index in [0.717, 1.165) is 29.6 Å². The van der Waals surface area contributed by atoms with E-state index in [1.165, 1.54) is 44.5 Å². The molecule has 5 rings (SSSR count). The molecule has 0 aromatic carbocycles. The first-order valence-corrected chi connectivity index (χ1v) is 7.34. The summed E-state index contributed by atoms with van der Waals surface area (Å²) in [5, 5.41) is 0. The lowest BCUT2D eigenvalue weighted by molar-refractivity contribution is 0.157. The highest BCUT2D eigenvalue weighted by molar-refractivity contribution is 5.40. The monoisotopic (exact) mass is 243 g/mol. The van der Waals surface area contributed by atoms with Gasteiger partial charge in [0.15, 0.2) is 0 Å². The largest absolute Gasteiger partial charge is 0.353 e. The van der Waals surface area contributed by atoms with Gasteiger partial charge in [-0.25, -0.2) is 9.97 Å². The van der Waals surface area contributed by atoms with Crippen LogP contribution in [-0.2, 0) is 0 Å². The SMILES string of the molecule is Cc1nccc(N2CC3CC4CC(C3)CC2C4)n1. The van der Waals surface area contributed by atoms with Crippen molar-refractivity contribution in [3.63, 3.8) is 0 Å². The number of hydrogen-bond donors (Lipinski definition) is 0. The number of rotatable bonds is 1. The van der Waals surface area contributed by atoms with Gasteiger partial charge >= 0.3 is 0 Å². The minimum absolute atomic E-state index is 0.746. The van der Waals surface area contributed by atoms with Gasteiger partial charge in [-0.2, -0.15) is 0 Å². The van der Waals surface area contributed by atoms with E-state index in [0.29, 0.717) is 0 Å². The van der Waals surface area contributed by atoms with Gasteiger partial charge in [0.25, 0.3) is 0 Å². The summed E-state index contributed by atoms with van der Waals surface area (Å²) in [6, 6.07) is 2.84. The van der Waals surface area contributed by atoms with Crippen LogP contribution in [-0.4, -0.2) is 22.6 Å². The van der Waals surface area contributed by atoms with Crippen LogP contribution < -0.4 is 4.90 Å². The molecule has 96 valence electrons. The first-order chi connectivity index (χ1) is 8.78. The molecule has 1 aromatic rings. The van der Waals surface area contributed by atoms with Crippen molar-refractivity contribution in [1.82, 2.24) is 9.97 Å². The summed E-state index contributed by atoms with van der Waals surface area (Å²) < 4.78 is 0. The molecular formula is C15H21N3. The van der Waals surface area contributed by atoms with Gasteiger partial charge in [0.1, 0.15) is 11.6 Å². The zero-order valence-corrected chi connectivity index (χ0v) is 11.0. The van der Waals surface area contributed by atoms with Gasteiger partial charge in [0.05, 0.1) is 0 Å². The molecule has 18 heavy (non-hydrogen) atoms. The zero-order valence-electron chi connectivity index (χ0n) is 11.0. The van der Waals surface area contributed by atoms with Crippen molar-refractivity contribution >= 4 is 5.82 Å². The van der Waals surface area contributed by atoms with Gasteiger partial charge in [-0.05, 0) is 62.8 Å². The molecule has 0 amide bonds. The van der Waals surface area contributed by atoms with Crippen LogP contribution in [0.1, 0.15) is 37.9 Å². The number of fused-ring (bicyclic) bond motifs is 1. The normalized spacial score (nSPS) is 37.9. The van der Waals surface area contributed by atoms with Crippen molar-refractivity contribution in [3.05, 3.63) is 18.1 Å². The van der Waals surface area contributed by atoms with Crippen LogP contribution in [0.4, 0.5) is 5.82 Å². The fourth-order valence-electron chi connectivity index (χ4n) is 4.67. The molecule has 2 aliphatic heterocycles. The van der Waals surface area contributed by atoms with Crippen LogP contribution in [0.2, 0.25) is 0 Å². The highest BCUT2D eigenvalue weighted by Crippen LogP contribution is 2.48. The average Bonchev–Trinajstić information content (AvgIpc) is 2.53. The Kier molecular flexibility index (Phi) is 2.36. The molecule has 2 saturated carbocycles. The fraction of sp³-hybridized carbons (Fsp3) is 0.733. The van der Waals surface area contributed by atoms with Gasteiger partial charge in [-0.15, -0.1) is 0 Å². The second kappa shape index (κ2) is 3.94. The molecule has 2 unspecified atom stereocenters. The predicted octanol–water partition coefficient (Wildman–Crippen LogP) is 2.80. The standard InChI is InChI=1S/C15H21N3/c1-10-16-3-2-15(17-10)18-9-13-5-11-4-12(6-13)8-14(18)7-11/h2-3,11-14H,4-9H2,1H3. The molecule has 4 bridgehead atoms. The minimum atomic E-state index is 0.746. The summed E-state index contributed by atoms with van der Waals surface area (Å²) in [7, 11) is 0. The zero-order chi connectivity index (χ0) is 12.1. The molecule has 2 aliphatic carbocycles. The highest BCUT2D eigenvalue weighted by atomic mass is 15.2. The van der Waals surface area contributed by atoms with Crippen molar-refractivity contribution in [1.29, 1.82) is 0 Å². The fourth-order valence-corrected chi connectivity index (χ4v) is 4.67. The van der Waals surface area contributed by atoms with Gasteiger partial charge < -0.3 is 4.90 Å². The topological polar surface area (TPSA) is 29.0 Å². The molecular weight excluding hydrogens is 222 g/mol. The van der Waals surface area contributed by atoms with E-state index in [-0.39, 0.29) is 0 Å². The van der Waals surface area contributed by atoms with Gasteiger partial charge in [-0.3, -0.25) is 0 Å². The van der Waals surface area contributed by atoms with Crippen LogP contribution in [0.15, 0.2) is 12.3 Å². The van der Waals surface area contributed by atoms with Crippen molar-refractivity contribution in [3.8, 4) is 0 Å². The molecule has 4 fully saturated rings. The Bertz CT molecular complexity index is 445. The summed E-state index contributed by atoms with van der Waals surface area (Å²) in [6.45, 7) is 3.22. The maximum atomic E-state index is 4.65. The molecule has 1 aromatic heterocycles. The van der Waals surface area contributed by atoms with Crippen molar-refractivity contribution in [2.45, 2.75) is 45.1 Å². The Labute approximate surface area is 109 Å². The quantitative estimate of drug-likeness (QED) is 0.759. The Morgan fingerprint density at radius 3 is 2.50 bits per heavy atom. The summed E-state index contributed by atoms with van der Waals surface area (Å²) in [5.74, 6) is 4.98. The molecule has 4 aliphatic rings. The van der Waals surface area contributed by atoms with Gasteiger partial charge in [0, 0.05) is 18.8 Å². The Morgan fingerprint density at radius 1 is 1.06 bits per heavy atom. The summed E-state index contributed by atoms with van der Waals surface area (Å²) in [5.41, 5.74) is 0. The number of anilines is 1. The smallest absolute Gasteiger partial charge is 0.132 e. The van der Waals surface area contributed by atoms with Crippen molar-refractivity contribution in [2.75, 3.05) is 11.4 Å². The van der Waals surface area contributed by atoms with E-state index in [1.54, 1.807) is 0 Å². The van der Waals surface area contributed by atoms with E-state index >= 15 is 0 Å². The first kappa shape index (κ1) is 10.8. The summed E-state index contributed by atoms with van der Waals surface area (Å²) in [4.78, 5) is 11.5. The highest BCUT2D eigenvalue weighted by Gasteiger charge is 2.42. The maximum Gasteiger partial charge on any atom is 0.132 e. The Balaban J connectivity index is 1.69. The third kappa shape index (κ3) is 1.72. The molecule has 2 saturated heterocycles. The van der Waals surface area contributed by atoms with Crippen LogP contribution in [0.25, 0.3) is 0 Å². The van der Waals surface area contributed by atoms with E-state index < -0.39 is 0 Å². The number of aryl methyl sites for hydroxylation is 1. The van der Waals surface area contributed by atoms with Crippen molar-refractivity contribution < 1.29 is 0 Å². The number of nitrogens with zero attached hydrogens (tertiary/aromatic N) is 3. The second-order valence-electron chi connectivity index (χ2n) is 6.54. The van der Waals surface area contributed by atoms with E-state index in [9.17, 15) is 0 Å². The van der Waals surface area contributed by atoms with Gasteiger partial charge in [-0.1, -0.05) is 0 Å². The number of aromatic nitrogens is 2. The molecule has 0 spiro atoms. The molecule has 2 atom stereocenters. The maximum absolute atomic E-state index is 4.65. The summed E-state index contributed by atoms with van der Waals surface area (Å²) in [6.07, 6.45) is 9.14. The van der Waals surface area contributed by atoms with Crippen LogP contribution in [0.3, 0.4) is 0 Å². The van der Waals surface area contributed by atoms with Crippen LogP contribution >= 0.6 is 0 Å². The van der Waals surface area contributed by atoms with E-state index in [2.05, 4.69) is 20.9 Å². The lowest BCUT2D eigenvalue weighted by Gasteiger charge is -2.39. The molecule has 3 nitrogen and oxygen atoms in total. The second-order valence-corrected chi connectivity index (χ2v) is 6.54. The Hall–Kier alpha value is -1.12. The van der Waals surface area contributed by atoms with Crippen LogP contribution in [0.5, 0.6) is 0 Å². The minimum Gasteiger partial charge on any atom is -0.353 e. The number of hydrogen-bond acceptors (Lipinski definition) is 3. The predicted molar refractivity (Wildman–Crippen MR) is 71.5 cm³/mol. The third-order valence-corrected chi connectivity index (χ3v) is 5.16. The van der Waals surface area contributed by atoms with Crippen LogP contribution in [0, 0.1) is 24.7 Å². The van der Waals surface area contributed by atoms with Gasteiger partial charge in [0.2, 0.25) is 0 Å². The average molecular weight is 243 g/mol. The molecule has 0 radical (unpaired) electrons. The summed E-state index contributed by atoms with van der Waals surface area (Å²) >= 11 is 0. The lowest BCUT2D eigenvalue weighted by atomic mass is 9.68. The third-order valence-electron chi connectivity index (χ3n) is 5.16. The molecule has 0 N–H and O–H groups in total. The Morgan fingerprint density at radius 2 is 1.78 bits per heavy atom. The van der Waals surface area contributed by atoms with Crippen molar-refractivity contribution in [2.24, 2.45) is 17.8 Å². The molecule has 3 heterocycles. The lowest BCUT2D eigenvalue weighted by Crippen LogP contribution is -2.38. The first-order valence-electron chi connectivity index (χ1n) is 7.34.